The van der Waals surface area contributed by atoms with Gasteiger partial charge in [-0.25, -0.2) is 8.78 Å². The zero-order valence-corrected chi connectivity index (χ0v) is 13.3. The lowest BCUT2D eigenvalue weighted by Gasteiger charge is -2.20. The van der Waals surface area contributed by atoms with E-state index < -0.39 is 11.6 Å². The molecule has 5 heteroatoms. The Labute approximate surface area is 124 Å². The normalized spacial score (nSPS) is 13.6. The Morgan fingerprint density at radius 3 is 2.25 bits per heavy atom. The second kappa shape index (κ2) is 7.38. The standard InChI is InChI=1S/C15H23F2NOS/c1-10(8-19)9-20-14-12(16)5-11(6-13(14)17)7-18-15(2,3)4/h5-6,10,18-19H,7-9H2,1-4H3. The quantitative estimate of drug-likeness (QED) is 0.788. The van der Waals surface area contributed by atoms with Crippen LogP contribution in [0.3, 0.4) is 0 Å². The van der Waals surface area contributed by atoms with E-state index >= 15 is 0 Å². The van der Waals surface area contributed by atoms with Crippen LogP contribution in [0.5, 0.6) is 0 Å². The largest absolute Gasteiger partial charge is 0.396 e. The summed E-state index contributed by atoms with van der Waals surface area (Å²) in [6, 6.07) is 2.74. The summed E-state index contributed by atoms with van der Waals surface area (Å²) in [5, 5.41) is 12.1. The van der Waals surface area contributed by atoms with Crippen molar-refractivity contribution in [3.63, 3.8) is 0 Å². The predicted molar refractivity (Wildman–Crippen MR) is 79.9 cm³/mol. The van der Waals surface area contributed by atoms with Crippen molar-refractivity contribution in [3.8, 4) is 0 Å². The molecule has 0 aliphatic carbocycles. The van der Waals surface area contributed by atoms with Gasteiger partial charge in [-0.15, -0.1) is 11.8 Å². The molecular weight excluding hydrogens is 280 g/mol. The van der Waals surface area contributed by atoms with Crippen LogP contribution >= 0.6 is 11.8 Å². The average molecular weight is 303 g/mol. The molecule has 0 bridgehead atoms. The van der Waals surface area contributed by atoms with Crippen molar-refractivity contribution in [3.05, 3.63) is 29.3 Å². The van der Waals surface area contributed by atoms with E-state index in [2.05, 4.69) is 5.32 Å². The molecule has 20 heavy (non-hydrogen) atoms. The van der Waals surface area contributed by atoms with Gasteiger partial charge in [-0.3, -0.25) is 0 Å². The number of hydrogen-bond donors (Lipinski definition) is 2. The van der Waals surface area contributed by atoms with Crippen LogP contribution in [0, 0.1) is 17.6 Å². The van der Waals surface area contributed by atoms with E-state index in [0.29, 0.717) is 17.9 Å². The second-order valence-electron chi connectivity index (χ2n) is 6.09. The van der Waals surface area contributed by atoms with Gasteiger partial charge in [-0.1, -0.05) is 6.92 Å². The molecule has 0 saturated heterocycles. The van der Waals surface area contributed by atoms with Gasteiger partial charge in [0, 0.05) is 24.4 Å². The Morgan fingerprint density at radius 2 is 1.80 bits per heavy atom. The number of aliphatic hydroxyl groups excluding tert-OH is 1. The Balaban J connectivity index is 2.76. The van der Waals surface area contributed by atoms with Crippen LogP contribution in [0.4, 0.5) is 8.78 Å². The van der Waals surface area contributed by atoms with Crippen molar-refractivity contribution in [2.75, 3.05) is 12.4 Å². The van der Waals surface area contributed by atoms with Gasteiger partial charge in [-0.05, 0) is 44.4 Å². The number of nitrogens with one attached hydrogen (secondary N) is 1. The van der Waals surface area contributed by atoms with Gasteiger partial charge in [0.25, 0.3) is 0 Å². The first-order valence-corrected chi connectivity index (χ1v) is 7.68. The molecule has 0 aromatic heterocycles. The summed E-state index contributed by atoms with van der Waals surface area (Å²) in [6.45, 7) is 8.28. The van der Waals surface area contributed by atoms with E-state index in [0.717, 1.165) is 11.8 Å². The molecule has 0 aliphatic rings. The molecule has 2 nitrogen and oxygen atoms in total. The highest BCUT2D eigenvalue weighted by atomic mass is 32.2. The number of benzene rings is 1. The van der Waals surface area contributed by atoms with Crippen molar-refractivity contribution >= 4 is 11.8 Å². The fourth-order valence-electron chi connectivity index (χ4n) is 1.50. The van der Waals surface area contributed by atoms with Gasteiger partial charge in [0.1, 0.15) is 11.6 Å². The minimum absolute atomic E-state index is 0.0148. The smallest absolute Gasteiger partial charge is 0.140 e. The van der Waals surface area contributed by atoms with Gasteiger partial charge in [0.15, 0.2) is 0 Å². The second-order valence-corrected chi connectivity index (χ2v) is 7.12. The number of rotatable bonds is 6. The summed E-state index contributed by atoms with van der Waals surface area (Å²) in [5.41, 5.74) is 0.492. The average Bonchev–Trinajstić information content (AvgIpc) is 2.34. The molecule has 0 saturated carbocycles. The highest BCUT2D eigenvalue weighted by molar-refractivity contribution is 7.99. The summed E-state index contributed by atoms with van der Waals surface area (Å²) < 4.78 is 27.9. The molecule has 0 amide bonds. The Hall–Kier alpha value is -0.650. The van der Waals surface area contributed by atoms with Gasteiger partial charge in [-0.2, -0.15) is 0 Å². The maximum absolute atomic E-state index is 13.9. The molecule has 0 radical (unpaired) electrons. The summed E-state index contributed by atoms with van der Waals surface area (Å²) in [7, 11) is 0. The summed E-state index contributed by atoms with van der Waals surface area (Å²) in [6.07, 6.45) is 0. The van der Waals surface area contributed by atoms with Crippen LogP contribution in [0.25, 0.3) is 0 Å². The number of thioether (sulfide) groups is 1. The number of aliphatic hydroxyl groups is 1. The van der Waals surface area contributed by atoms with Gasteiger partial charge in [0.2, 0.25) is 0 Å². The molecule has 0 fully saturated rings. The molecule has 1 rings (SSSR count). The molecule has 1 aromatic carbocycles. The van der Waals surface area contributed by atoms with Crippen LogP contribution in [0.1, 0.15) is 33.3 Å². The van der Waals surface area contributed by atoms with Crippen molar-refractivity contribution in [1.29, 1.82) is 0 Å². The minimum atomic E-state index is -0.536. The highest BCUT2D eigenvalue weighted by Crippen LogP contribution is 2.28. The van der Waals surface area contributed by atoms with E-state index in [1.54, 1.807) is 0 Å². The monoisotopic (exact) mass is 303 g/mol. The van der Waals surface area contributed by atoms with Crippen molar-refractivity contribution in [1.82, 2.24) is 5.32 Å². The van der Waals surface area contributed by atoms with Crippen LogP contribution < -0.4 is 5.32 Å². The molecule has 1 atom stereocenters. The Morgan fingerprint density at radius 1 is 1.25 bits per heavy atom. The van der Waals surface area contributed by atoms with Crippen LogP contribution in [0.2, 0.25) is 0 Å². The number of hydrogen-bond acceptors (Lipinski definition) is 3. The highest BCUT2D eigenvalue weighted by Gasteiger charge is 2.15. The topological polar surface area (TPSA) is 32.3 Å². The Bertz CT molecular complexity index is 423. The van der Waals surface area contributed by atoms with Crippen molar-refractivity contribution in [2.45, 2.75) is 44.7 Å². The third-order valence-electron chi connectivity index (χ3n) is 2.70. The lowest BCUT2D eigenvalue weighted by atomic mass is 10.1. The zero-order chi connectivity index (χ0) is 15.3. The minimum Gasteiger partial charge on any atom is -0.396 e. The van der Waals surface area contributed by atoms with E-state index in [9.17, 15) is 8.78 Å². The third-order valence-corrected chi connectivity index (χ3v) is 4.12. The van der Waals surface area contributed by atoms with Gasteiger partial charge in [0.05, 0.1) is 4.90 Å². The van der Waals surface area contributed by atoms with E-state index in [4.69, 9.17) is 5.11 Å². The van der Waals surface area contributed by atoms with E-state index in [1.165, 1.54) is 12.1 Å². The molecule has 0 aliphatic heterocycles. The Kier molecular flexibility index (Phi) is 6.43. The maximum atomic E-state index is 13.9. The van der Waals surface area contributed by atoms with Crippen LogP contribution in [0.15, 0.2) is 17.0 Å². The maximum Gasteiger partial charge on any atom is 0.140 e. The SMILES string of the molecule is CC(CO)CSc1c(F)cc(CNC(C)(C)C)cc1F. The fraction of sp³-hybridized carbons (Fsp3) is 0.600. The first kappa shape index (κ1) is 17.4. The lowest BCUT2D eigenvalue weighted by molar-refractivity contribution is 0.250. The molecule has 0 heterocycles. The van der Waals surface area contributed by atoms with Gasteiger partial charge >= 0.3 is 0 Å². The molecule has 1 unspecified atom stereocenters. The fourth-order valence-corrected chi connectivity index (χ4v) is 2.45. The molecule has 0 spiro atoms. The van der Waals surface area contributed by atoms with Crippen molar-refractivity contribution < 1.29 is 13.9 Å². The summed E-state index contributed by atoms with van der Waals surface area (Å²) in [4.78, 5) is 0.0322. The summed E-state index contributed by atoms with van der Waals surface area (Å²) in [5.74, 6) is -0.568. The van der Waals surface area contributed by atoms with Gasteiger partial charge < -0.3 is 10.4 Å². The lowest BCUT2D eigenvalue weighted by Crippen LogP contribution is -2.35. The molecule has 2 N–H and O–H groups in total. The van der Waals surface area contributed by atoms with E-state index in [1.807, 2.05) is 27.7 Å². The molecule has 114 valence electrons. The van der Waals surface area contributed by atoms with Crippen LogP contribution in [-0.2, 0) is 6.54 Å². The van der Waals surface area contributed by atoms with Crippen molar-refractivity contribution in [2.24, 2.45) is 5.92 Å². The predicted octanol–water partition coefficient (Wildman–Crippen LogP) is 3.57. The first-order valence-electron chi connectivity index (χ1n) is 6.69. The van der Waals surface area contributed by atoms with E-state index in [-0.39, 0.29) is 23.0 Å². The molecule has 1 aromatic rings. The molecular formula is C15H23F2NOS. The summed E-state index contributed by atoms with van der Waals surface area (Å²) >= 11 is 1.11. The number of halogens is 2. The van der Waals surface area contributed by atoms with Crippen LogP contribution in [-0.4, -0.2) is 23.0 Å². The third kappa shape index (κ3) is 5.77. The zero-order valence-electron chi connectivity index (χ0n) is 12.5. The first-order chi connectivity index (χ1) is 9.23.